The van der Waals surface area contributed by atoms with Crippen LogP contribution in [0.25, 0.3) is 0 Å². The molecule has 0 saturated carbocycles. The number of benzene rings is 1. The average molecular weight is 275 g/mol. The summed E-state index contributed by atoms with van der Waals surface area (Å²) in [5, 5.41) is 10.7. The minimum atomic E-state index is -0.476. The van der Waals surface area contributed by atoms with Crippen molar-refractivity contribution in [2.45, 2.75) is 17.7 Å². The largest absolute Gasteiger partial charge is 0.390 e. The fourth-order valence-electron chi connectivity index (χ4n) is 1.55. The number of aromatic nitrogens is 1. The van der Waals surface area contributed by atoms with E-state index in [0.717, 1.165) is 10.6 Å². The Morgan fingerprint density at radius 3 is 2.63 bits per heavy atom. The summed E-state index contributed by atoms with van der Waals surface area (Å²) >= 11 is 1.53. The Balaban J connectivity index is 1.64. The molecule has 1 aromatic heterocycles. The number of aliphatic hydroxyl groups excluding tert-OH is 1. The zero-order chi connectivity index (χ0) is 13.3. The second-order valence-electron chi connectivity index (χ2n) is 4.13. The Morgan fingerprint density at radius 1 is 1.11 bits per heavy atom. The minimum absolute atomic E-state index is 0.342. The SMILES string of the molecule is O[C@@H](COCc1ccccc1)CSc1ccccn1. The molecule has 100 valence electrons. The molecule has 1 aromatic carbocycles. The lowest BCUT2D eigenvalue weighted by Crippen LogP contribution is -2.17. The second-order valence-corrected chi connectivity index (χ2v) is 5.17. The van der Waals surface area contributed by atoms with E-state index in [1.54, 1.807) is 6.20 Å². The van der Waals surface area contributed by atoms with E-state index in [2.05, 4.69) is 4.98 Å². The van der Waals surface area contributed by atoms with E-state index in [1.807, 2.05) is 48.5 Å². The number of aliphatic hydroxyl groups is 1. The Labute approximate surface area is 117 Å². The summed E-state index contributed by atoms with van der Waals surface area (Å²) in [6, 6.07) is 15.7. The summed E-state index contributed by atoms with van der Waals surface area (Å²) in [6.07, 6.45) is 1.27. The van der Waals surface area contributed by atoms with Gasteiger partial charge in [0.25, 0.3) is 0 Å². The number of thioether (sulfide) groups is 1. The molecule has 0 fully saturated rings. The number of hydrogen-bond donors (Lipinski definition) is 1. The van der Waals surface area contributed by atoms with Gasteiger partial charge in [-0.05, 0) is 17.7 Å². The summed E-state index contributed by atoms with van der Waals surface area (Å²) in [7, 11) is 0. The molecule has 3 nitrogen and oxygen atoms in total. The van der Waals surface area contributed by atoms with E-state index < -0.39 is 6.10 Å². The predicted molar refractivity (Wildman–Crippen MR) is 77.1 cm³/mol. The molecule has 19 heavy (non-hydrogen) atoms. The molecule has 0 saturated heterocycles. The average Bonchev–Trinajstić information content (AvgIpc) is 2.47. The third kappa shape index (κ3) is 5.42. The molecule has 0 radical (unpaired) electrons. The Morgan fingerprint density at radius 2 is 1.89 bits per heavy atom. The molecule has 0 unspecified atom stereocenters. The van der Waals surface area contributed by atoms with Gasteiger partial charge in [-0.2, -0.15) is 0 Å². The maximum Gasteiger partial charge on any atom is 0.0960 e. The van der Waals surface area contributed by atoms with Crippen molar-refractivity contribution in [2.24, 2.45) is 0 Å². The summed E-state index contributed by atoms with van der Waals surface area (Å²) < 4.78 is 5.49. The van der Waals surface area contributed by atoms with Crippen LogP contribution in [-0.2, 0) is 11.3 Å². The fourth-order valence-corrected chi connectivity index (χ4v) is 2.32. The van der Waals surface area contributed by atoms with Crippen LogP contribution in [0.3, 0.4) is 0 Å². The predicted octanol–water partition coefficient (Wildman–Crippen LogP) is 2.75. The van der Waals surface area contributed by atoms with E-state index in [1.165, 1.54) is 11.8 Å². The molecule has 1 atom stereocenters. The van der Waals surface area contributed by atoms with Crippen molar-refractivity contribution in [3.05, 3.63) is 60.3 Å². The first-order chi connectivity index (χ1) is 9.34. The van der Waals surface area contributed by atoms with Gasteiger partial charge in [0.2, 0.25) is 0 Å². The topological polar surface area (TPSA) is 42.4 Å². The molecule has 1 N–H and O–H groups in total. The number of hydrogen-bond acceptors (Lipinski definition) is 4. The van der Waals surface area contributed by atoms with Crippen molar-refractivity contribution in [3.8, 4) is 0 Å². The van der Waals surface area contributed by atoms with Gasteiger partial charge in [0.05, 0.1) is 24.3 Å². The van der Waals surface area contributed by atoms with Gasteiger partial charge < -0.3 is 9.84 Å². The number of rotatable bonds is 7. The van der Waals surface area contributed by atoms with Crippen LogP contribution in [0.15, 0.2) is 59.8 Å². The highest BCUT2D eigenvalue weighted by Gasteiger charge is 2.06. The number of nitrogens with zero attached hydrogens (tertiary/aromatic N) is 1. The first-order valence-corrected chi connectivity index (χ1v) is 7.17. The van der Waals surface area contributed by atoms with Crippen molar-refractivity contribution in [3.63, 3.8) is 0 Å². The molecule has 4 heteroatoms. The fraction of sp³-hybridized carbons (Fsp3) is 0.267. The van der Waals surface area contributed by atoms with Gasteiger partial charge in [-0.15, -0.1) is 11.8 Å². The molecule has 2 rings (SSSR count). The molecule has 2 aromatic rings. The molecule has 0 aliphatic heterocycles. The molecule has 0 aliphatic carbocycles. The van der Waals surface area contributed by atoms with Crippen LogP contribution in [-0.4, -0.2) is 28.6 Å². The normalized spacial score (nSPS) is 12.3. The van der Waals surface area contributed by atoms with Crippen molar-refractivity contribution in [1.29, 1.82) is 0 Å². The summed E-state index contributed by atoms with van der Waals surface area (Å²) in [5.41, 5.74) is 1.12. The molecule has 0 amide bonds. The van der Waals surface area contributed by atoms with Crippen LogP contribution >= 0.6 is 11.8 Å². The van der Waals surface area contributed by atoms with E-state index in [9.17, 15) is 5.11 Å². The summed E-state index contributed by atoms with van der Waals surface area (Å²) in [4.78, 5) is 4.19. The smallest absolute Gasteiger partial charge is 0.0960 e. The van der Waals surface area contributed by atoms with Crippen molar-refractivity contribution < 1.29 is 9.84 Å². The van der Waals surface area contributed by atoms with Crippen LogP contribution in [0.2, 0.25) is 0 Å². The second kappa shape index (κ2) is 7.94. The van der Waals surface area contributed by atoms with Gasteiger partial charge in [-0.3, -0.25) is 0 Å². The highest BCUT2D eigenvalue weighted by Crippen LogP contribution is 2.15. The van der Waals surface area contributed by atoms with Crippen LogP contribution < -0.4 is 0 Å². The molecule has 0 aliphatic rings. The van der Waals surface area contributed by atoms with Gasteiger partial charge in [-0.25, -0.2) is 4.98 Å². The minimum Gasteiger partial charge on any atom is -0.390 e. The van der Waals surface area contributed by atoms with Crippen LogP contribution in [0.5, 0.6) is 0 Å². The Bertz CT molecular complexity index is 464. The van der Waals surface area contributed by atoms with Gasteiger partial charge >= 0.3 is 0 Å². The Kier molecular flexibility index (Phi) is 5.88. The lowest BCUT2D eigenvalue weighted by molar-refractivity contribution is 0.0398. The molecule has 0 spiro atoms. The molecular weight excluding hydrogens is 258 g/mol. The van der Waals surface area contributed by atoms with Crippen molar-refractivity contribution in [1.82, 2.24) is 4.98 Å². The zero-order valence-electron chi connectivity index (χ0n) is 10.6. The number of ether oxygens (including phenoxy) is 1. The van der Waals surface area contributed by atoms with Gasteiger partial charge in [-0.1, -0.05) is 36.4 Å². The lowest BCUT2D eigenvalue weighted by atomic mass is 10.2. The van der Waals surface area contributed by atoms with E-state index >= 15 is 0 Å². The Hall–Kier alpha value is -1.36. The van der Waals surface area contributed by atoms with Gasteiger partial charge in [0.15, 0.2) is 0 Å². The third-order valence-electron chi connectivity index (χ3n) is 2.48. The van der Waals surface area contributed by atoms with Crippen molar-refractivity contribution in [2.75, 3.05) is 12.4 Å². The maximum atomic E-state index is 9.81. The highest BCUT2D eigenvalue weighted by molar-refractivity contribution is 7.99. The monoisotopic (exact) mass is 275 g/mol. The van der Waals surface area contributed by atoms with Gasteiger partial charge in [0, 0.05) is 11.9 Å². The van der Waals surface area contributed by atoms with E-state index in [0.29, 0.717) is 19.0 Å². The molecular formula is C15H17NO2S. The molecule has 1 heterocycles. The van der Waals surface area contributed by atoms with E-state index in [-0.39, 0.29) is 0 Å². The first kappa shape index (κ1) is 14.1. The highest BCUT2D eigenvalue weighted by atomic mass is 32.2. The zero-order valence-corrected chi connectivity index (χ0v) is 11.4. The van der Waals surface area contributed by atoms with Crippen LogP contribution in [0.1, 0.15) is 5.56 Å². The van der Waals surface area contributed by atoms with Gasteiger partial charge in [0.1, 0.15) is 0 Å². The van der Waals surface area contributed by atoms with Crippen molar-refractivity contribution >= 4 is 11.8 Å². The summed E-state index contributed by atoms with van der Waals surface area (Å²) in [5.74, 6) is 0.589. The molecule has 0 bridgehead atoms. The lowest BCUT2D eigenvalue weighted by Gasteiger charge is -2.10. The van der Waals surface area contributed by atoms with Crippen LogP contribution in [0, 0.1) is 0 Å². The van der Waals surface area contributed by atoms with E-state index in [4.69, 9.17) is 4.74 Å². The quantitative estimate of drug-likeness (QED) is 0.789. The number of pyridine rings is 1. The third-order valence-corrected chi connectivity index (χ3v) is 3.57. The first-order valence-electron chi connectivity index (χ1n) is 6.18. The van der Waals surface area contributed by atoms with Crippen LogP contribution in [0.4, 0.5) is 0 Å². The summed E-state index contributed by atoms with van der Waals surface area (Å²) in [6.45, 7) is 0.876. The maximum absolute atomic E-state index is 9.81. The standard InChI is InChI=1S/C15H17NO2S/c17-14(12-19-15-8-4-5-9-16-15)11-18-10-13-6-2-1-3-7-13/h1-9,14,17H,10-12H2/t14-/m0/s1.